The van der Waals surface area contributed by atoms with E-state index in [1.807, 2.05) is 0 Å². The lowest BCUT2D eigenvalue weighted by atomic mass is 9.97. The van der Waals surface area contributed by atoms with E-state index in [1.165, 1.54) is 10.7 Å². The average Bonchev–Trinajstić information content (AvgIpc) is 2.72. The molecule has 0 aromatic carbocycles. The van der Waals surface area contributed by atoms with Crippen LogP contribution in [0, 0.1) is 5.92 Å². The second kappa shape index (κ2) is 5.46. The molecule has 0 saturated carbocycles. The average molecular weight is 254 g/mol. The van der Waals surface area contributed by atoms with E-state index in [1.54, 1.807) is 11.3 Å². The Morgan fingerprint density at radius 3 is 2.94 bits per heavy atom. The molecule has 96 valence electrons. The molecule has 1 aliphatic rings. The van der Waals surface area contributed by atoms with Crippen LogP contribution in [0.15, 0.2) is 5.38 Å². The Balaban J connectivity index is 1.92. The van der Waals surface area contributed by atoms with E-state index >= 15 is 0 Å². The van der Waals surface area contributed by atoms with Crippen molar-refractivity contribution in [3.63, 3.8) is 0 Å². The Hall–Kier alpha value is -0.450. The third kappa shape index (κ3) is 3.27. The highest BCUT2D eigenvalue weighted by molar-refractivity contribution is 7.09. The van der Waals surface area contributed by atoms with Gasteiger partial charge >= 0.3 is 0 Å². The molecule has 4 heteroatoms. The first-order valence-corrected chi connectivity index (χ1v) is 7.29. The zero-order valence-electron chi connectivity index (χ0n) is 10.9. The van der Waals surface area contributed by atoms with E-state index in [4.69, 9.17) is 0 Å². The maximum atomic E-state index is 9.70. The van der Waals surface area contributed by atoms with Crippen molar-refractivity contribution >= 4 is 11.3 Å². The van der Waals surface area contributed by atoms with Crippen molar-refractivity contribution in [1.82, 2.24) is 9.88 Å². The zero-order chi connectivity index (χ0) is 12.4. The van der Waals surface area contributed by atoms with Gasteiger partial charge in [-0.25, -0.2) is 4.98 Å². The Bertz CT molecular complexity index is 364. The van der Waals surface area contributed by atoms with Gasteiger partial charge in [0.05, 0.1) is 16.8 Å². The third-order valence-electron chi connectivity index (χ3n) is 3.39. The van der Waals surface area contributed by atoms with Crippen LogP contribution < -0.4 is 0 Å². The molecule has 0 spiro atoms. The number of aromatic nitrogens is 1. The van der Waals surface area contributed by atoms with E-state index in [-0.39, 0.29) is 6.10 Å². The summed E-state index contributed by atoms with van der Waals surface area (Å²) in [5, 5.41) is 13.1. The number of piperidine rings is 1. The normalized spacial score (nSPS) is 26.6. The summed E-state index contributed by atoms with van der Waals surface area (Å²) in [6, 6.07) is 0. The Labute approximate surface area is 107 Å². The van der Waals surface area contributed by atoms with Crippen molar-refractivity contribution in [2.75, 3.05) is 13.1 Å². The molecule has 1 aliphatic heterocycles. The van der Waals surface area contributed by atoms with Gasteiger partial charge in [-0.05, 0) is 12.3 Å². The highest BCUT2D eigenvalue weighted by Gasteiger charge is 2.24. The summed E-state index contributed by atoms with van der Waals surface area (Å²) in [6.45, 7) is 9.39. The van der Waals surface area contributed by atoms with E-state index in [2.05, 4.69) is 36.0 Å². The molecular weight excluding hydrogens is 232 g/mol. The van der Waals surface area contributed by atoms with Gasteiger partial charge in [0.1, 0.15) is 0 Å². The van der Waals surface area contributed by atoms with Crippen molar-refractivity contribution in [1.29, 1.82) is 0 Å². The molecule has 0 bridgehead atoms. The van der Waals surface area contributed by atoms with Crippen LogP contribution in [0.5, 0.6) is 0 Å². The van der Waals surface area contributed by atoms with Gasteiger partial charge in [0.15, 0.2) is 0 Å². The lowest BCUT2D eigenvalue weighted by Crippen LogP contribution is -2.41. The van der Waals surface area contributed by atoms with Crippen LogP contribution in [-0.4, -0.2) is 34.2 Å². The van der Waals surface area contributed by atoms with Gasteiger partial charge in [0, 0.05) is 30.9 Å². The number of thiazole rings is 1. The molecule has 17 heavy (non-hydrogen) atoms. The minimum absolute atomic E-state index is 0.118. The van der Waals surface area contributed by atoms with Crippen LogP contribution in [0.1, 0.15) is 43.8 Å². The summed E-state index contributed by atoms with van der Waals surface area (Å²) >= 11 is 1.76. The van der Waals surface area contributed by atoms with Crippen LogP contribution in [0.2, 0.25) is 0 Å². The topological polar surface area (TPSA) is 36.4 Å². The first-order valence-electron chi connectivity index (χ1n) is 6.41. The van der Waals surface area contributed by atoms with Gasteiger partial charge in [-0.3, -0.25) is 4.90 Å². The molecule has 0 amide bonds. The van der Waals surface area contributed by atoms with Crippen molar-refractivity contribution in [2.45, 2.75) is 45.8 Å². The smallest absolute Gasteiger partial charge is 0.0954 e. The minimum Gasteiger partial charge on any atom is -0.393 e. The van der Waals surface area contributed by atoms with E-state index in [9.17, 15) is 5.11 Å². The summed E-state index contributed by atoms with van der Waals surface area (Å²) in [7, 11) is 0. The number of aliphatic hydroxyl groups is 1. The lowest BCUT2D eigenvalue weighted by Gasteiger charge is -2.33. The predicted molar refractivity (Wildman–Crippen MR) is 71.3 cm³/mol. The Kier molecular flexibility index (Phi) is 4.17. The quantitative estimate of drug-likeness (QED) is 0.900. The van der Waals surface area contributed by atoms with Gasteiger partial charge in [0.2, 0.25) is 0 Å². The SMILES string of the molecule is CC(C)c1nc(CN2CCC(O)C(C)C2)cs1. The second-order valence-electron chi connectivity index (χ2n) is 5.40. The molecular formula is C13H22N2OS. The Morgan fingerprint density at radius 1 is 1.59 bits per heavy atom. The summed E-state index contributed by atoms with van der Waals surface area (Å²) in [4.78, 5) is 7.06. The van der Waals surface area contributed by atoms with Crippen LogP contribution in [0.4, 0.5) is 0 Å². The summed E-state index contributed by atoms with van der Waals surface area (Å²) in [5.41, 5.74) is 1.18. The number of hydrogen-bond acceptors (Lipinski definition) is 4. The fourth-order valence-corrected chi connectivity index (χ4v) is 3.08. The summed E-state index contributed by atoms with van der Waals surface area (Å²) < 4.78 is 0. The first-order chi connectivity index (χ1) is 8.06. The van der Waals surface area contributed by atoms with E-state index in [0.29, 0.717) is 11.8 Å². The van der Waals surface area contributed by atoms with Crippen molar-refractivity contribution in [3.05, 3.63) is 16.1 Å². The fourth-order valence-electron chi connectivity index (χ4n) is 2.25. The molecule has 2 unspecified atom stereocenters. The molecule has 1 saturated heterocycles. The minimum atomic E-state index is -0.118. The van der Waals surface area contributed by atoms with Crippen LogP contribution in [-0.2, 0) is 6.54 Å². The molecule has 0 radical (unpaired) electrons. The van der Waals surface area contributed by atoms with Gasteiger partial charge in [-0.2, -0.15) is 0 Å². The lowest BCUT2D eigenvalue weighted by molar-refractivity contribution is 0.0316. The Morgan fingerprint density at radius 2 is 2.35 bits per heavy atom. The molecule has 2 rings (SSSR count). The molecule has 3 nitrogen and oxygen atoms in total. The first kappa shape index (κ1) is 13.0. The maximum Gasteiger partial charge on any atom is 0.0954 e. The van der Waals surface area contributed by atoms with E-state index in [0.717, 1.165) is 26.1 Å². The molecule has 1 aromatic heterocycles. The van der Waals surface area contributed by atoms with Crippen LogP contribution in [0.3, 0.4) is 0 Å². The molecule has 1 aromatic rings. The molecule has 2 heterocycles. The van der Waals surface area contributed by atoms with Crippen molar-refractivity contribution in [3.8, 4) is 0 Å². The molecule has 1 fully saturated rings. The zero-order valence-corrected chi connectivity index (χ0v) is 11.7. The molecule has 1 N–H and O–H groups in total. The number of hydrogen-bond donors (Lipinski definition) is 1. The largest absolute Gasteiger partial charge is 0.393 e. The number of nitrogens with zero attached hydrogens (tertiary/aromatic N) is 2. The van der Waals surface area contributed by atoms with Gasteiger partial charge in [-0.15, -0.1) is 11.3 Å². The highest BCUT2D eigenvalue weighted by atomic mass is 32.1. The van der Waals surface area contributed by atoms with Gasteiger partial charge in [-0.1, -0.05) is 20.8 Å². The number of aliphatic hydroxyl groups excluding tert-OH is 1. The summed E-state index contributed by atoms with van der Waals surface area (Å²) in [6.07, 6.45) is 0.774. The predicted octanol–water partition coefficient (Wildman–Crippen LogP) is 2.47. The highest BCUT2D eigenvalue weighted by Crippen LogP contribution is 2.22. The second-order valence-corrected chi connectivity index (χ2v) is 6.29. The molecule has 0 aliphatic carbocycles. The van der Waals surface area contributed by atoms with Crippen molar-refractivity contribution < 1.29 is 5.11 Å². The van der Waals surface area contributed by atoms with Crippen molar-refractivity contribution in [2.24, 2.45) is 5.92 Å². The standard InChI is InChI=1S/C13H22N2OS/c1-9(2)13-14-11(8-17-13)7-15-5-4-12(16)10(3)6-15/h8-10,12,16H,4-7H2,1-3H3. The summed E-state index contributed by atoms with van der Waals surface area (Å²) in [5.74, 6) is 0.905. The van der Waals surface area contributed by atoms with Gasteiger partial charge < -0.3 is 5.11 Å². The number of rotatable bonds is 3. The fraction of sp³-hybridized carbons (Fsp3) is 0.769. The van der Waals surface area contributed by atoms with E-state index < -0.39 is 0 Å². The van der Waals surface area contributed by atoms with Gasteiger partial charge in [0.25, 0.3) is 0 Å². The molecule has 2 atom stereocenters. The number of likely N-dealkylation sites (tertiary alicyclic amines) is 1. The third-order valence-corrected chi connectivity index (χ3v) is 4.59. The van der Waals surface area contributed by atoms with Crippen LogP contribution >= 0.6 is 11.3 Å². The monoisotopic (exact) mass is 254 g/mol. The van der Waals surface area contributed by atoms with Crippen LogP contribution in [0.25, 0.3) is 0 Å². The maximum absolute atomic E-state index is 9.70.